The Morgan fingerprint density at radius 1 is 1.11 bits per heavy atom. The van der Waals surface area contributed by atoms with E-state index in [-0.39, 0.29) is 11.6 Å². The molecule has 1 N–H and O–H groups in total. The van der Waals surface area contributed by atoms with Crippen molar-refractivity contribution in [1.82, 2.24) is 5.06 Å². The van der Waals surface area contributed by atoms with Crippen molar-refractivity contribution < 1.29 is 29.1 Å². The predicted molar refractivity (Wildman–Crippen MR) is 97.3 cm³/mol. The largest absolute Gasteiger partial charge is 0.810 e. The number of amides is 1. The highest BCUT2D eigenvalue weighted by atomic mass is 35.5. The van der Waals surface area contributed by atoms with Gasteiger partial charge in [-0.3, -0.25) is 10.0 Å². The normalized spacial score (nSPS) is 11.3. The molecule has 0 aromatic heterocycles. The Balaban J connectivity index is 1.89. The first kappa shape index (κ1) is 21.7. The van der Waals surface area contributed by atoms with Crippen LogP contribution in [0.5, 0.6) is 11.5 Å². The molecule has 2 rings (SSSR count). The van der Waals surface area contributed by atoms with Gasteiger partial charge in [-0.25, -0.2) is 5.06 Å². The average molecular weight is 432 g/mol. The highest BCUT2D eigenvalue weighted by molar-refractivity contribution is 7.49. The predicted octanol–water partition coefficient (Wildman–Crippen LogP) is 2.85. The molecule has 0 radical (unpaired) electrons. The number of carbonyl (C=O) groups excluding carboxylic acids is 1. The summed E-state index contributed by atoms with van der Waals surface area (Å²) in [6.07, 6.45) is -0.383. The van der Waals surface area contributed by atoms with Crippen LogP contribution in [0, 0.1) is 0 Å². The van der Waals surface area contributed by atoms with Crippen LogP contribution < -0.4 is 14.5 Å². The van der Waals surface area contributed by atoms with E-state index in [0.717, 1.165) is 5.56 Å². The maximum Gasteiger partial charge on any atom is 0.250 e. The Bertz CT molecular complexity index is 857. The minimum absolute atomic E-state index is 0.100. The van der Waals surface area contributed by atoms with Crippen LogP contribution in [0.15, 0.2) is 42.5 Å². The Morgan fingerprint density at radius 3 is 2.48 bits per heavy atom. The number of hydrogen-bond donors (Lipinski definition) is 1. The van der Waals surface area contributed by atoms with E-state index in [1.54, 1.807) is 36.4 Å². The summed E-state index contributed by atoms with van der Waals surface area (Å²) in [5.74, 6) is -0.0464. The number of carbonyl (C=O) groups is 1. The Kier molecular flexibility index (Phi) is 7.68. The molecule has 27 heavy (non-hydrogen) atoms. The lowest BCUT2D eigenvalue weighted by atomic mass is 10.1. The van der Waals surface area contributed by atoms with Gasteiger partial charge in [0.15, 0.2) is 0 Å². The van der Waals surface area contributed by atoms with Crippen molar-refractivity contribution >= 4 is 36.7 Å². The van der Waals surface area contributed by atoms with E-state index in [4.69, 9.17) is 27.9 Å². The van der Waals surface area contributed by atoms with Gasteiger partial charge in [0.25, 0.3) is 5.91 Å². The van der Waals surface area contributed by atoms with Crippen LogP contribution in [0.25, 0.3) is 0 Å². The molecule has 0 heterocycles. The minimum Gasteiger partial charge on any atom is -0.810 e. The number of benzene rings is 2. The molecular formula is C17H16Cl2NO6P-2. The zero-order valence-corrected chi connectivity index (χ0v) is 16.4. The molecule has 2 aromatic rings. The van der Waals surface area contributed by atoms with Gasteiger partial charge in [0, 0.05) is 12.6 Å². The third kappa shape index (κ3) is 7.50. The van der Waals surface area contributed by atoms with Gasteiger partial charge in [-0.15, -0.1) is 0 Å². The number of hydrogen-bond acceptors (Lipinski definition) is 6. The fourth-order valence-electron chi connectivity index (χ4n) is 2.25. The lowest BCUT2D eigenvalue weighted by Gasteiger charge is -2.29. The van der Waals surface area contributed by atoms with Crippen molar-refractivity contribution in [2.75, 3.05) is 12.7 Å². The molecule has 0 saturated heterocycles. The van der Waals surface area contributed by atoms with Crippen LogP contribution >= 0.6 is 30.8 Å². The summed E-state index contributed by atoms with van der Waals surface area (Å²) >= 11 is 11.8. The summed E-state index contributed by atoms with van der Waals surface area (Å²) in [4.78, 5) is 32.5. The van der Waals surface area contributed by atoms with E-state index in [2.05, 4.69) is 0 Å². The summed E-state index contributed by atoms with van der Waals surface area (Å²) in [5, 5.41) is 10.5. The molecule has 0 unspecified atom stereocenters. The van der Waals surface area contributed by atoms with Gasteiger partial charge in [0.1, 0.15) is 11.5 Å². The highest BCUT2D eigenvalue weighted by Crippen LogP contribution is 2.29. The molecule has 0 aliphatic heterocycles. The van der Waals surface area contributed by atoms with Crippen LogP contribution in [0.1, 0.15) is 12.0 Å². The quantitative estimate of drug-likeness (QED) is 0.390. The SMILES string of the molecule is O=C(CP(=O)([O-])[O-])N(O)CCCc1cccc(Oc2ccc(Cl)c(Cl)c2)c1. The van der Waals surface area contributed by atoms with Gasteiger partial charge in [-0.1, -0.05) is 42.9 Å². The summed E-state index contributed by atoms with van der Waals surface area (Å²) < 4.78 is 16.3. The maximum atomic E-state index is 11.4. The lowest BCUT2D eigenvalue weighted by Crippen LogP contribution is -2.34. The smallest absolute Gasteiger partial charge is 0.250 e. The molecular weight excluding hydrogens is 416 g/mol. The van der Waals surface area contributed by atoms with Crippen LogP contribution in [0.3, 0.4) is 0 Å². The van der Waals surface area contributed by atoms with Gasteiger partial charge < -0.3 is 19.1 Å². The zero-order valence-electron chi connectivity index (χ0n) is 14.0. The molecule has 2 aromatic carbocycles. The van der Waals surface area contributed by atoms with E-state index in [1.807, 2.05) is 6.07 Å². The Morgan fingerprint density at radius 2 is 1.81 bits per heavy atom. The number of aryl methyl sites for hydroxylation is 1. The fraction of sp³-hybridized carbons (Fsp3) is 0.235. The highest BCUT2D eigenvalue weighted by Gasteiger charge is 2.12. The van der Waals surface area contributed by atoms with E-state index < -0.39 is 19.7 Å². The molecule has 7 nitrogen and oxygen atoms in total. The topological polar surface area (TPSA) is 113 Å². The standard InChI is InChI=1S/C17H18Cl2NO6P/c18-15-7-6-14(10-16(15)19)26-13-5-1-3-12(9-13)4-2-8-20(22)17(21)11-27(23,24)25/h1,3,5-7,9-10,22H,2,4,8,11H2,(H2,23,24,25)/p-2. The summed E-state index contributed by atoms with van der Waals surface area (Å²) in [7, 11) is -5.00. The first-order valence-corrected chi connectivity index (χ1v) is 10.3. The molecule has 10 heteroatoms. The van der Waals surface area contributed by atoms with E-state index in [1.165, 1.54) is 0 Å². The second kappa shape index (κ2) is 9.55. The molecule has 0 aliphatic carbocycles. The van der Waals surface area contributed by atoms with Gasteiger partial charge in [-0.2, -0.15) is 0 Å². The third-order valence-corrected chi connectivity index (χ3v) is 4.87. The van der Waals surface area contributed by atoms with Crippen molar-refractivity contribution in [3.63, 3.8) is 0 Å². The second-order valence-corrected chi connectivity index (χ2v) is 8.07. The molecule has 0 atom stereocenters. The molecule has 0 aliphatic rings. The third-order valence-electron chi connectivity index (χ3n) is 3.48. The number of ether oxygens (including phenoxy) is 1. The van der Waals surface area contributed by atoms with Crippen LogP contribution in [0.2, 0.25) is 10.0 Å². The van der Waals surface area contributed by atoms with Crippen molar-refractivity contribution in [2.24, 2.45) is 0 Å². The van der Waals surface area contributed by atoms with Crippen molar-refractivity contribution in [3.05, 3.63) is 58.1 Å². The summed E-state index contributed by atoms with van der Waals surface area (Å²) in [5.41, 5.74) is 0.881. The first-order chi connectivity index (χ1) is 12.6. The van der Waals surface area contributed by atoms with Crippen molar-refractivity contribution in [3.8, 4) is 11.5 Å². The molecule has 146 valence electrons. The lowest BCUT2D eigenvalue weighted by molar-refractivity contribution is -0.313. The van der Waals surface area contributed by atoms with Crippen LogP contribution in [0.4, 0.5) is 0 Å². The number of hydroxylamine groups is 2. The van der Waals surface area contributed by atoms with Crippen LogP contribution in [-0.4, -0.2) is 28.9 Å². The summed E-state index contributed by atoms with van der Waals surface area (Å²) in [6.45, 7) is -0.100. The fourth-order valence-corrected chi connectivity index (χ4v) is 3.03. The van der Waals surface area contributed by atoms with E-state index in [9.17, 15) is 24.4 Å². The average Bonchev–Trinajstić information content (AvgIpc) is 2.57. The first-order valence-electron chi connectivity index (χ1n) is 7.86. The van der Waals surface area contributed by atoms with Crippen molar-refractivity contribution in [2.45, 2.75) is 12.8 Å². The Labute approximate surface area is 166 Å². The van der Waals surface area contributed by atoms with E-state index in [0.29, 0.717) is 34.4 Å². The molecule has 0 fully saturated rings. The molecule has 0 spiro atoms. The second-order valence-electron chi connectivity index (χ2n) is 5.71. The van der Waals surface area contributed by atoms with Crippen LogP contribution in [-0.2, 0) is 15.8 Å². The molecule has 0 bridgehead atoms. The van der Waals surface area contributed by atoms with Gasteiger partial charge in [0.05, 0.1) is 16.2 Å². The maximum absolute atomic E-state index is 11.4. The zero-order chi connectivity index (χ0) is 20.0. The monoisotopic (exact) mass is 431 g/mol. The molecule has 1 amide bonds. The molecule has 0 saturated carbocycles. The minimum atomic E-state index is -5.00. The van der Waals surface area contributed by atoms with Gasteiger partial charge in [0.2, 0.25) is 0 Å². The Hall–Kier alpha value is -1.60. The van der Waals surface area contributed by atoms with Crippen molar-refractivity contribution in [1.29, 1.82) is 0 Å². The van der Waals surface area contributed by atoms with E-state index >= 15 is 0 Å². The summed E-state index contributed by atoms with van der Waals surface area (Å²) in [6, 6.07) is 12.1. The number of rotatable bonds is 8. The number of nitrogens with zero attached hydrogens (tertiary/aromatic N) is 1. The van der Waals surface area contributed by atoms with Gasteiger partial charge in [-0.05, 0) is 42.7 Å². The van der Waals surface area contributed by atoms with Gasteiger partial charge >= 0.3 is 0 Å². The number of halogens is 2.